The SMILES string of the molecule is COc1cccc2c1CC(C(=O)Nc1cc(-c3cccc(Cl)c3Cl)[nH]n1)CO2. The molecule has 0 saturated carbocycles. The van der Waals surface area contributed by atoms with Gasteiger partial charge >= 0.3 is 0 Å². The van der Waals surface area contributed by atoms with Crippen LogP contribution in [0.3, 0.4) is 0 Å². The van der Waals surface area contributed by atoms with Crippen LogP contribution in [0.2, 0.25) is 10.0 Å². The first-order valence-electron chi connectivity index (χ1n) is 8.66. The van der Waals surface area contributed by atoms with Gasteiger partial charge in [0.2, 0.25) is 5.91 Å². The second-order valence-corrected chi connectivity index (χ2v) is 7.19. The first-order chi connectivity index (χ1) is 13.6. The van der Waals surface area contributed by atoms with Gasteiger partial charge in [-0.05, 0) is 24.6 Å². The number of aromatic amines is 1. The number of nitrogens with one attached hydrogen (secondary N) is 2. The largest absolute Gasteiger partial charge is 0.496 e. The van der Waals surface area contributed by atoms with Crippen LogP contribution in [0.4, 0.5) is 5.82 Å². The lowest BCUT2D eigenvalue weighted by Gasteiger charge is -2.25. The topological polar surface area (TPSA) is 76.2 Å². The van der Waals surface area contributed by atoms with Crippen LogP contribution in [0.5, 0.6) is 11.5 Å². The molecular formula is C20H17Cl2N3O3. The highest BCUT2D eigenvalue weighted by Crippen LogP contribution is 2.35. The lowest BCUT2D eigenvalue weighted by molar-refractivity contribution is -0.121. The number of hydrogen-bond donors (Lipinski definition) is 2. The molecule has 0 aliphatic carbocycles. The van der Waals surface area contributed by atoms with Crippen molar-refractivity contribution in [3.8, 4) is 22.8 Å². The van der Waals surface area contributed by atoms with Crippen LogP contribution >= 0.6 is 23.2 Å². The summed E-state index contributed by atoms with van der Waals surface area (Å²) in [5.74, 6) is 1.35. The number of anilines is 1. The van der Waals surface area contributed by atoms with Crippen molar-refractivity contribution in [3.05, 3.63) is 58.1 Å². The molecule has 0 saturated heterocycles. The number of fused-ring (bicyclic) bond motifs is 1. The van der Waals surface area contributed by atoms with Gasteiger partial charge in [-0.3, -0.25) is 9.89 Å². The number of amides is 1. The van der Waals surface area contributed by atoms with Gasteiger partial charge in [-0.25, -0.2) is 0 Å². The molecule has 3 aromatic rings. The monoisotopic (exact) mass is 417 g/mol. The number of carbonyl (C=O) groups is 1. The number of aromatic nitrogens is 2. The van der Waals surface area contributed by atoms with Gasteiger partial charge in [0.25, 0.3) is 0 Å². The lowest BCUT2D eigenvalue weighted by Crippen LogP contribution is -2.32. The van der Waals surface area contributed by atoms with Crippen molar-refractivity contribution in [1.29, 1.82) is 0 Å². The van der Waals surface area contributed by atoms with Gasteiger partial charge < -0.3 is 14.8 Å². The number of benzene rings is 2. The molecular weight excluding hydrogens is 401 g/mol. The number of ether oxygens (including phenoxy) is 2. The van der Waals surface area contributed by atoms with Crippen LogP contribution in [0.25, 0.3) is 11.3 Å². The molecule has 0 fully saturated rings. The Morgan fingerprint density at radius 2 is 2.11 bits per heavy atom. The Bertz CT molecular complexity index is 1020. The van der Waals surface area contributed by atoms with Crippen molar-refractivity contribution >= 4 is 34.9 Å². The summed E-state index contributed by atoms with van der Waals surface area (Å²) in [6, 6.07) is 12.6. The quantitative estimate of drug-likeness (QED) is 0.650. The Balaban J connectivity index is 1.49. The van der Waals surface area contributed by atoms with E-state index in [1.54, 1.807) is 25.3 Å². The molecule has 2 N–H and O–H groups in total. The van der Waals surface area contributed by atoms with Gasteiger partial charge in [-0.1, -0.05) is 41.4 Å². The second kappa shape index (κ2) is 7.73. The fourth-order valence-electron chi connectivity index (χ4n) is 3.20. The van der Waals surface area contributed by atoms with E-state index in [0.717, 1.165) is 11.3 Å². The molecule has 4 rings (SSSR count). The summed E-state index contributed by atoms with van der Waals surface area (Å²) in [4.78, 5) is 12.7. The van der Waals surface area contributed by atoms with Gasteiger partial charge in [0.05, 0.1) is 28.8 Å². The smallest absolute Gasteiger partial charge is 0.232 e. The zero-order valence-electron chi connectivity index (χ0n) is 15.0. The molecule has 1 aromatic heterocycles. The molecule has 1 atom stereocenters. The Morgan fingerprint density at radius 3 is 2.93 bits per heavy atom. The van der Waals surface area contributed by atoms with Crippen molar-refractivity contribution in [1.82, 2.24) is 10.2 Å². The van der Waals surface area contributed by atoms with E-state index in [2.05, 4.69) is 15.5 Å². The van der Waals surface area contributed by atoms with Gasteiger partial charge in [-0.2, -0.15) is 5.10 Å². The zero-order valence-corrected chi connectivity index (χ0v) is 16.5. The standard InChI is InChI=1S/C20H17Cl2N3O3/c1-27-16-6-3-7-17-13(16)8-11(10-28-17)20(26)23-18-9-15(24-25-18)12-4-2-5-14(21)19(12)22/h2-7,9,11H,8,10H2,1H3,(H2,23,24,25,26). The minimum atomic E-state index is -0.348. The fourth-order valence-corrected chi connectivity index (χ4v) is 3.60. The molecule has 6 nitrogen and oxygen atoms in total. The predicted octanol–water partition coefficient (Wildman–Crippen LogP) is 4.58. The highest BCUT2D eigenvalue weighted by molar-refractivity contribution is 6.43. The summed E-state index contributed by atoms with van der Waals surface area (Å²) in [5, 5.41) is 10.7. The Kier molecular flexibility index (Phi) is 5.15. The molecule has 1 aliphatic rings. The average molecular weight is 418 g/mol. The minimum Gasteiger partial charge on any atom is -0.496 e. The molecule has 2 aromatic carbocycles. The molecule has 144 valence electrons. The molecule has 1 aliphatic heterocycles. The van der Waals surface area contributed by atoms with Crippen LogP contribution in [-0.2, 0) is 11.2 Å². The van der Waals surface area contributed by atoms with Crippen molar-refractivity contribution < 1.29 is 14.3 Å². The van der Waals surface area contributed by atoms with E-state index in [1.165, 1.54) is 0 Å². The number of nitrogens with zero attached hydrogens (tertiary/aromatic N) is 1. The van der Waals surface area contributed by atoms with E-state index >= 15 is 0 Å². The molecule has 8 heteroatoms. The Labute approximate surface area is 171 Å². The van der Waals surface area contributed by atoms with Crippen LogP contribution in [-0.4, -0.2) is 29.8 Å². The van der Waals surface area contributed by atoms with Crippen molar-refractivity contribution in [2.24, 2.45) is 5.92 Å². The van der Waals surface area contributed by atoms with Gasteiger partial charge in [-0.15, -0.1) is 0 Å². The molecule has 1 amide bonds. The normalized spacial score (nSPS) is 15.5. The summed E-state index contributed by atoms with van der Waals surface area (Å²) in [6.07, 6.45) is 0.530. The van der Waals surface area contributed by atoms with Crippen LogP contribution < -0.4 is 14.8 Å². The maximum Gasteiger partial charge on any atom is 0.232 e. The lowest BCUT2D eigenvalue weighted by atomic mass is 9.95. The number of H-pyrrole nitrogens is 1. The summed E-state index contributed by atoms with van der Waals surface area (Å²) in [6.45, 7) is 0.295. The number of hydrogen-bond acceptors (Lipinski definition) is 4. The molecule has 1 unspecified atom stereocenters. The molecule has 2 heterocycles. The summed E-state index contributed by atoms with van der Waals surface area (Å²) < 4.78 is 11.1. The van der Waals surface area contributed by atoms with E-state index in [4.69, 9.17) is 32.7 Å². The summed E-state index contributed by atoms with van der Waals surface area (Å²) in [7, 11) is 1.60. The Hall–Kier alpha value is -2.70. The zero-order chi connectivity index (χ0) is 19.7. The van der Waals surface area contributed by atoms with E-state index < -0.39 is 0 Å². The van der Waals surface area contributed by atoms with Crippen LogP contribution in [0.1, 0.15) is 5.56 Å². The number of halogens is 2. The second-order valence-electron chi connectivity index (χ2n) is 6.41. The van der Waals surface area contributed by atoms with E-state index in [9.17, 15) is 4.79 Å². The van der Waals surface area contributed by atoms with Gasteiger partial charge in [0.15, 0.2) is 5.82 Å². The van der Waals surface area contributed by atoms with Gasteiger partial charge in [0, 0.05) is 17.2 Å². The van der Waals surface area contributed by atoms with E-state index in [-0.39, 0.29) is 11.8 Å². The first-order valence-corrected chi connectivity index (χ1v) is 9.41. The average Bonchev–Trinajstić information content (AvgIpc) is 3.17. The predicted molar refractivity (Wildman–Crippen MR) is 108 cm³/mol. The van der Waals surface area contributed by atoms with Crippen molar-refractivity contribution in [2.45, 2.75) is 6.42 Å². The van der Waals surface area contributed by atoms with Crippen LogP contribution in [0.15, 0.2) is 42.5 Å². The number of carbonyl (C=O) groups excluding carboxylic acids is 1. The third-order valence-corrected chi connectivity index (χ3v) is 5.46. The number of rotatable bonds is 4. The first kappa shape index (κ1) is 18.7. The maximum atomic E-state index is 12.7. The molecule has 0 spiro atoms. The molecule has 28 heavy (non-hydrogen) atoms. The maximum absolute atomic E-state index is 12.7. The third-order valence-electron chi connectivity index (χ3n) is 4.64. The van der Waals surface area contributed by atoms with E-state index in [0.29, 0.717) is 45.9 Å². The highest BCUT2D eigenvalue weighted by Gasteiger charge is 2.28. The number of methoxy groups -OCH3 is 1. The van der Waals surface area contributed by atoms with E-state index in [1.807, 2.05) is 24.3 Å². The highest BCUT2D eigenvalue weighted by atomic mass is 35.5. The molecule has 0 radical (unpaired) electrons. The third kappa shape index (κ3) is 3.53. The molecule has 0 bridgehead atoms. The van der Waals surface area contributed by atoms with Gasteiger partial charge in [0.1, 0.15) is 18.1 Å². The fraction of sp³-hybridized carbons (Fsp3) is 0.200. The summed E-state index contributed by atoms with van der Waals surface area (Å²) in [5.41, 5.74) is 2.27. The minimum absolute atomic E-state index is 0.174. The van der Waals surface area contributed by atoms with Crippen molar-refractivity contribution in [3.63, 3.8) is 0 Å². The van der Waals surface area contributed by atoms with Crippen LogP contribution in [0, 0.1) is 5.92 Å². The summed E-state index contributed by atoms with van der Waals surface area (Å²) >= 11 is 12.3. The van der Waals surface area contributed by atoms with Crippen molar-refractivity contribution in [2.75, 3.05) is 19.0 Å². The Morgan fingerprint density at radius 1 is 1.29 bits per heavy atom.